The molecule has 3 aromatic rings. The first-order valence-corrected chi connectivity index (χ1v) is 11.9. The number of hydrogen-bond acceptors (Lipinski definition) is 6. The number of anilines is 1. The van der Waals surface area contributed by atoms with Crippen LogP contribution in [-0.4, -0.2) is 41.3 Å². The maximum atomic E-state index is 13.4. The zero-order valence-electron chi connectivity index (χ0n) is 19.5. The summed E-state index contributed by atoms with van der Waals surface area (Å²) in [5, 5.41) is 3.98. The molecule has 0 aliphatic carbocycles. The lowest BCUT2D eigenvalue weighted by atomic mass is 10.1. The van der Waals surface area contributed by atoms with Crippen LogP contribution in [0.15, 0.2) is 76.7 Å². The third kappa shape index (κ3) is 5.55. The number of carbonyl (C=O) groups excluding carboxylic acids is 1. The largest absolute Gasteiger partial charge is 0.493 e. The highest BCUT2D eigenvalue weighted by atomic mass is 32.2. The van der Waals surface area contributed by atoms with Crippen molar-refractivity contribution in [3.8, 4) is 11.5 Å². The Labute approximate surface area is 199 Å². The molecule has 0 fully saturated rings. The average molecular weight is 482 g/mol. The first-order chi connectivity index (χ1) is 16.3. The smallest absolute Gasteiger partial charge is 0.264 e. The van der Waals surface area contributed by atoms with Crippen molar-refractivity contribution in [2.24, 2.45) is 5.10 Å². The third-order valence-corrected chi connectivity index (χ3v) is 6.84. The van der Waals surface area contributed by atoms with Crippen molar-refractivity contribution < 1.29 is 22.7 Å². The first-order valence-electron chi connectivity index (χ1n) is 10.5. The molecular weight excluding hydrogens is 454 g/mol. The second kappa shape index (κ2) is 10.8. The predicted molar refractivity (Wildman–Crippen MR) is 132 cm³/mol. The minimum atomic E-state index is -4.00. The maximum absolute atomic E-state index is 13.4. The predicted octanol–water partition coefficient (Wildman–Crippen LogP) is 3.67. The number of nitrogens with zero attached hydrogens (tertiary/aromatic N) is 2. The summed E-state index contributed by atoms with van der Waals surface area (Å²) in [5.41, 5.74) is 5.13. The van der Waals surface area contributed by atoms with E-state index in [1.165, 1.54) is 32.6 Å². The Balaban J connectivity index is 1.87. The number of para-hydroxylation sites is 1. The molecule has 1 amide bonds. The molecule has 0 spiro atoms. The molecule has 1 N–H and O–H groups in total. The van der Waals surface area contributed by atoms with Crippen LogP contribution in [0.25, 0.3) is 0 Å². The van der Waals surface area contributed by atoms with Gasteiger partial charge in [-0.15, -0.1) is 0 Å². The SMILES string of the molecule is COc1cccc(/C=N/NC(=O)CN(c2ccc(C)cc2C)S(=O)(=O)c2ccccc2)c1OC. The molecule has 0 aromatic heterocycles. The molecule has 0 atom stereocenters. The van der Waals surface area contributed by atoms with Gasteiger partial charge >= 0.3 is 0 Å². The number of hydrazone groups is 1. The Bertz CT molecular complexity index is 1290. The Morgan fingerprint density at radius 1 is 1.00 bits per heavy atom. The quantitative estimate of drug-likeness (QED) is 0.372. The van der Waals surface area contributed by atoms with Gasteiger partial charge < -0.3 is 9.47 Å². The standard InChI is InChI=1S/C25H27N3O5S/c1-18-13-14-22(19(2)15-18)28(34(30,31)21-10-6-5-7-11-21)17-24(29)27-26-16-20-9-8-12-23(32-3)25(20)33-4/h5-16H,17H2,1-4H3,(H,27,29)/b26-16+. The van der Waals surface area contributed by atoms with E-state index in [-0.39, 0.29) is 4.90 Å². The van der Waals surface area contributed by atoms with Gasteiger partial charge in [-0.3, -0.25) is 9.10 Å². The van der Waals surface area contributed by atoms with Crippen LogP contribution in [0.5, 0.6) is 11.5 Å². The number of rotatable bonds is 9. The topological polar surface area (TPSA) is 97.3 Å². The number of amides is 1. The van der Waals surface area contributed by atoms with Gasteiger partial charge in [0.15, 0.2) is 11.5 Å². The number of aryl methyl sites for hydroxylation is 2. The van der Waals surface area contributed by atoms with Crippen molar-refractivity contribution in [1.82, 2.24) is 5.43 Å². The fourth-order valence-corrected chi connectivity index (χ4v) is 4.96. The molecule has 8 nitrogen and oxygen atoms in total. The minimum Gasteiger partial charge on any atom is -0.493 e. The molecule has 34 heavy (non-hydrogen) atoms. The number of sulfonamides is 1. The summed E-state index contributed by atoms with van der Waals surface area (Å²) in [6, 6.07) is 18.6. The van der Waals surface area contributed by atoms with E-state index in [1.54, 1.807) is 55.5 Å². The van der Waals surface area contributed by atoms with Crippen molar-refractivity contribution in [3.63, 3.8) is 0 Å². The number of carbonyl (C=O) groups is 1. The Hall–Kier alpha value is -3.85. The summed E-state index contributed by atoms with van der Waals surface area (Å²) < 4.78 is 38.6. The average Bonchev–Trinajstić information content (AvgIpc) is 2.83. The van der Waals surface area contributed by atoms with Crippen LogP contribution in [0, 0.1) is 13.8 Å². The van der Waals surface area contributed by atoms with Crippen LogP contribution in [0.1, 0.15) is 16.7 Å². The molecule has 0 heterocycles. The van der Waals surface area contributed by atoms with Crippen LogP contribution in [-0.2, 0) is 14.8 Å². The highest BCUT2D eigenvalue weighted by Gasteiger charge is 2.28. The number of ether oxygens (including phenoxy) is 2. The van der Waals surface area contributed by atoms with Gasteiger partial charge in [0.1, 0.15) is 6.54 Å². The summed E-state index contributed by atoms with van der Waals surface area (Å²) >= 11 is 0. The molecule has 0 bridgehead atoms. The lowest BCUT2D eigenvalue weighted by molar-refractivity contribution is -0.119. The fraction of sp³-hybridized carbons (Fsp3) is 0.200. The van der Waals surface area contributed by atoms with Gasteiger partial charge in [-0.05, 0) is 49.7 Å². The number of nitrogens with one attached hydrogen (secondary N) is 1. The van der Waals surface area contributed by atoms with Gasteiger partial charge in [0.05, 0.1) is 31.0 Å². The Morgan fingerprint density at radius 2 is 1.74 bits per heavy atom. The summed E-state index contributed by atoms with van der Waals surface area (Å²) in [6.07, 6.45) is 1.41. The fourth-order valence-electron chi connectivity index (χ4n) is 3.46. The van der Waals surface area contributed by atoms with Crippen molar-refractivity contribution in [3.05, 3.63) is 83.4 Å². The second-order valence-electron chi connectivity index (χ2n) is 7.49. The highest BCUT2D eigenvalue weighted by Crippen LogP contribution is 2.29. The molecule has 0 aliphatic heterocycles. The summed E-state index contributed by atoms with van der Waals surface area (Å²) in [4.78, 5) is 12.9. The first kappa shape index (κ1) is 24.8. The van der Waals surface area contributed by atoms with Crippen LogP contribution in [0.4, 0.5) is 5.69 Å². The van der Waals surface area contributed by atoms with E-state index in [4.69, 9.17) is 9.47 Å². The molecule has 0 saturated carbocycles. The maximum Gasteiger partial charge on any atom is 0.264 e. The molecule has 9 heteroatoms. The minimum absolute atomic E-state index is 0.0902. The summed E-state index contributed by atoms with van der Waals surface area (Å²) in [5.74, 6) is 0.386. The van der Waals surface area contributed by atoms with E-state index in [0.29, 0.717) is 22.7 Å². The normalized spacial score (nSPS) is 11.3. The van der Waals surface area contributed by atoms with Crippen LogP contribution < -0.4 is 19.2 Å². The summed E-state index contributed by atoms with van der Waals surface area (Å²) in [7, 11) is -0.970. The number of hydrogen-bond donors (Lipinski definition) is 1. The molecule has 178 valence electrons. The molecule has 0 unspecified atom stereocenters. The van der Waals surface area contributed by atoms with Crippen LogP contribution >= 0.6 is 0 Å². The summed E-state index contributed by atoms with van der Waals surface area (Å²) in [6.45, 7) is 3.27. The molecule has 0 aliphatic rings. The van der Waals surface area contributed by atoms with E-state index in [9.17, 15) is 13.2 Å². The lowest BCUT2D eigenvalue weighted by Gasteiger charge is -2.25. The van der Waals surface area contributed by atoms with Gasteiger partial charge in [-0.25, -0.2) is 13.8 Å². The van der Waals surface area contributed by atoms with Crippen molar-refractivity contribution in [2.75, 3.05) is 25.1 Å². The van der Waals surface area contributed by atoms with E-state index in [0.717, 1.165) is 15.4 Å². The number of benzene rings is 3. The molecule has 3 aromatic carbocycles. The van der Waals surface area contributed by atoms with Gasteiger partial charge in [0.25, 0.3) is 15.9 Å². The second-order valence-corrected chi connectivity index (χ2v) is 9.35. The Morgan fingerprint density at radius 3 is 2.38 bits per heavy atom. The van der Waals surface area contributed by atoms with E-state index >= 15 is 0 Å². The van der Waals surface area contributed by atoms with Gasteiger partial charge in [0, 0.05) is 5.56 Å². The third-order valence-electron chi connectivity index (χ3n) is 5.07. The number of methoxy groups -OCH3 is 2. The zero-order chi connectivity index (χ0) is 24.7. The van der Waals surface area contributed by atoms with E-state index in [2.05, 4.69) is 10.5 Å². The molecule has 0 radical (unpaired) electrons. The van der Waals surface area contributed by atoms with Crippen molar-refractivity contribution in [1.29, 1.82) is 0 Å². The van der Waals surface area contributed by atoms with E-state index < -0.39 is 22.5 Å². The molecular formula is C25H27N3O5S. The van der Waals surface area contributed by atoms with Gasteiger partial charge in [-0.2, -0.15) is 5.10 Å². The van der Waals surface area contributed by atoms with Crippen LogP contribution in [0.3, 0.4) is 0 Å². The van der Waals surface area contributed by atoms with Gasteiger partial charge in [0.2, 0.25) is 0 Å². The van der Waals surface area contributed by atoms with E-state index in [1.807, 2.05) is 13.0 Å². The zero-order valence-corrected chi connectivity index (χ0v) is 20.3. The van der Waals surface area contributed by atoms with Crippen molar-refractivity contribution >= 4 is 27.8 Å². The Kier molecular flexibility index (Phi) is 7.91. The lowest BCUT2D eigenvalue weighted by Crippen LogP contribution is -2.40. The monoisotopic (exact) mass is 481 g/mol. The molecule has 3 rings (SSSR count). The van der Waals surface area contributed by atoms with Gasteiger partial charge in [-0.1, -0.05) is 42.0 Å². The van der Waals surface area contributed by atoms with Crippen LogP contribution in [0.2, 0.25) is 0 Å². The highest BCUT2D eigenvalue weighted by molar-refractivity contribution is 7.92. The molecule has 0 saturated heterocycles. The van der Waals surface area contributed by atoms with Crippen molar-refractivity contribution in [2.45, 2.75) is 18.7 Å².